The van der Waals surface area contributed by atoms with Crippen LogP contribution in [0.4, 0.5) is 0 Å². The average molecular weight is 286 g/mol. The van der Waals surface area contributed by atoms with Gasteiger partial charge in [-0.05, 0) is 33.2 Å². The van der Waals surface area contributed by atoms with Crippen LogP contribution < -0.4 is 11.1 Å². The Morgan fingerprint density at radius 3 is 2.41 bits per heavy atom. The molecule has 0 aromatic carbocycles. The maximum atomic E-state index is 11.4. The molecule has 0 heterocycles. The largest absolute Gasteiger partial charge is 0.353 e. The highest BCUT2D eigenvalue weighted by molar-refractivity contribution is 5.85. The molecule has 1 aliphatic carbocycles. The molecule has 0 aliphatic heterocycles. The second-order valence-corrected chi connectivity index (χ2v) is 4.51. The Labute approximate surface area is 117 Å². The van der Waals surface area contributed by atoms with Crippen molar-refractivity contribution in [3.05, 3.63) is 0 Å². The van der Waals surface area contributed by atoms with Gasteiger partial charge >= 0.3 is 0 Å². The minimum atomic E-state index is -0.358. The predicted octanol–water partition coefficient (Wildman–Crippen LogP) is 1.17. The van der Waals surface area contributed by atoms with E-state index in [4.69, 9.17) is 5.73 Å². The summed E-state index contributed by atoms with van der Waals surface area (Å²) in [6.45, 7) is 4.75. The van der Waals surface area contributed by atoms with Crippen LogP contribution in [0.3, 0.4) is 0 Å². The lowest BCUT2D eigenvalue weighted by molar-refractivity contribution is -0.122. The van der Waals surface area contributed by atoms with Crippen molar-refractivity contribution in [2.24, 2.45) is 5.73 Å². The lowest BCUT2D eigenvalue weighted by Crippen LogP contribution is -2.46. The van der Waals surface area contributed by atoms with Gasteiger partial charge in [0.2, 0.25) is 5.91 Å². The zero-order chi connectivity index (χ0) is 11.4. The van der Waals surface area contributed by atoms with Gasteiger partial charge in [0.15, 0.2) is 0 Å². The fraction of sp³-hybridized carbons (Fsp3) is 0.909. The van der Waals surface area contributed by atoms with Gasteiger partial charge in [0, 0.05) is 18.6 Å². The first-order valence-corrected chi connectivity index (χ1v) is 5.81. The molecule has 6 heteroatoms. The van der Waals surface area contributed by atoms with Crippen molar-refractivity contribution in [3.63, 3.8) is 0 Å². The average Bonchev–Trinajstić information content (AvgIpc) is 3.06. The van der Waals surface area contributed by atoms with Crippen molar-refractivity contribution in [3.8, 4) is 0 Å². The number of hydrogen-bond acceptors (Lipinski definition) is 3. The molecule has 3 N–H and O–H groups in total. The molecule has 1 amide bonds. The van der Waals surface area contributed by atoms with E-state index in [0.29, 0.717) is 19.0 Å². The van der Waals surface area contributed by atoms with Crippen LogP contribution in [0.5, 0.6) is 0 Å². The molecular formula is C11H25Cl2N3O. The van der Waals surface area contributed by atoms with Gasteiger partial charge in [0.05, 0.1) is 6.04 Å². The summed E-state index contributed by atoms with van der Waals surface area (Å²) >= 11 is 0. The number of carbonyl (C=O) groups is 1. The van der Waals surface area contributed by atoms with Gasteiger partial charge in [-0.3, -0.25) is 9.69 Å². The molecule has 1 unspecified atom stereocenters. The second kappa shape index (κ2) is 8.97. The second-order valence-electron chi connectivity index (χ2n) is 4.51. The zero-order valence-corrected chi connectivity index (χ0v) is 12.4. The first-order chi connectivity index (χ1) is 7.06. The van der Waals surface area contributed by atoms with Crippen LogP contribution in [-0.2, 0) is 4.79 Å². The third-order valence-electron chi connectivity index (χ3n) is 3.17. The number of halogens is 2. The topological polar surface area (TPSA) is 58.4 Å². The standard InChI is InChI=1S/C11H23N3O.2ClH/c1-4-10(12)11(15)13-7-8(2)14(3)9-5-6-9;;/h8-10H,4-7,12H2,1-3H3,(H,13,15);2*1H/t8?,10-;;/m0../s1. The predicted molar refractivity (Wildman–Crippen MR) is 76.0 cm³/mol. The number of nitrogens with two attached hydrogens (primary N) is 1. The number of rotatable bonds is 6. The summed E-state index contributed by atoms with van der Waals surface area (Å²) in [5.41, 5.74) is 5.63. The van der Waals surface area contributed by atoms with E-state index >= 15 is 0 Å². The molecule has 0 spiro atoms. The van der Waals surface area contributed by atoms with Gasteiger partial charge < -0.3 is 11.1 Å². The summed E-state index contributed by atoms with van der Waals surface area (Å²) in [4.78, 5) is 13.8. The van der Waals surface area contributed by atoms with Crippen molar-refractivity contribution >= 4 is 30.7 Å². The number of nitrogens with one attached hydrogen (secondary N) is 1. The van der Waals surface area contributed by atoms with Crippen molar-refractivity contribution < 1.29 is 4.79 Å². The summed E-state index contributed by atoms with van der Waals surface area (Å²) in [6, 6.07) is 0.769. The Kier molecular flexibility index (Phi) is 10.2. The maximum absolute atomic E-state index is 11.4. The van der Waals surface area contributed by atoms with Crippen LogP contribution in [-0.4, -0.2) is 42.5 Å². The minimum absolute atomic E-state index is 0. The molecule has 0 aromatic heterocycles. The zero-order valence-electron chi connectivity index (χ0n) is 10.8. The van der Waals surface area contributed by atoms with E-state index in [-0.39, 0.29) is 36.8 Å². The normalized spacial score (nSPS) is 17.7. The summed E-state index contributed by atoms with van der Waals surface area (Å²) in [5, 5.41) is 2.89. The summed E-state index contributed by atoms with van der Waals surface area (Å²) in [7, 11) is 2.12. The lowest BCUT2D eigenvalue weighted by Gasteiger charge is -2.25. The molecule has 1 aliphatic rings. The fourth-order valence-electron chi connectivity index (χ4n) is 1.55. The van der Waals surface area contributed by atoms with Crippen LogP contribution in [0, 0.1) is 0 Å². The van der Waals surface area contributed by atoms with E-state index in [1.165, 1.54) is 12.8 Å². The number of hydrogen-bond donors (Lipinski definition) is 2. The minimum Gasteiger partial charge on any atom is -0.353 e. The molecule has 0 saturated heterocycles. The van der Waals surface area contributed by atoms with Crippen LogP contribution in [0.1, 0.15) is 33.1 Å². The highest BCUT2D eigenvalue weighted by Gasteiger charge is 2.29. The van der Waals surface area contributed by atoms with Crippen LogP contribution in [0.25, 0.3) is 0 Å². The van der Waals surface area contributed by atoms with Gasteiger partial charge in [-0.1, -0.05) is 6.92 Å². The van der Waals surface area contributed by atoms with E-state index in [9.17, 15) is 4.79 Å². The molecule has 104 valence electrons. The quantitative estimate of drug-likeness (QED) is 0.770. The highest BCUT2D eigenvalue weighted by atomic mass is 35.5. The van der Waals surface area contributed by atoms with E-state index in [1.807, 2.05) is 6.92 Å². The molecule has 0 aromatic rings. The smallest absolute Gasteiger partial charge is 0.236 e. The van der Waals surface area contributed by atoms with Crippen molar-refractivity contribution in [2.75, 3.05) is 13.6 Å². The third kappa shape index (κ3) is 6.46. The Morgan fingerprint density at radius 2 is 2.00 bits per heavy atom. The van der Waals surface area contributed by atoms with E-state index in [0.717, 1.165) is 6.04 Å². The van der Waals surface area contributed by atoms with Gasteiger partial charge in [0.1, 0.15) is 0 Å². The molecule has 17 heavy (non-hydrogen) atoms. The molecule has 1 saturated carbocycles. The first kappa shape index (κ1) is 19.3. The molecule has 1 fully saturated rings. The number of nitrogens with zero attached hydrogens (tertiary/aromatic N) is 1. The summed E-state index contributed by atoms with van der Waals surface area (Å²) in [5.74, 6) is -0.0338. The fourth-order valence-corrected chi connectivity index (χ4v) is 1.55. The Morgan fingerprint density at radius 1 is 1.47 bits per heavy atom. The van der Waals surface area contributed by atoms with Gasteiger partial charge in [-0.15, -0.1) is 24.8 Å². The molecule has 4 nitrogen and oxygen atoms in total. The Bertz CT molecular complexity index is 225. The number of carbonyl (C=O) groups excluding carboxylic acids is 1. The van der Waals surface area contributed by atoms with Gasteiger partial charge in [-0.2, -0.15) is 0 Å². The number of likely N-dealkylation sites (N-methyl/N-ethyl adjacent to an activating group) is 1. The molecule has 0 bridgehead atoms. The van der Waals surface area contributed by atoms with Crippen molar-refractivity contribution in [1.82, 2.24) is 10.2 Å². The number of amides is 1. The summed E-state index contributed by atoms with van der Waals surface area (Å²) in [6.07, 6.45) is 3.28. The van der Waals surface area contributed by atoms with E-state index in [2.05, 4.69) is 24.2 Å². The summed E-state index contributed by atoms with van der Waals surface area (Å²) < 4.78 is 0. The lowest BCUT2D eigenvalue weighted by atomic mass is 10.2. The molecular weight excluding hydrogens is 261 g/mol. The molecule has 2 atom stereocenters. The maximum Gasteiger partial charge on any atom is 0.236 e. The first-order valence-electron chi connectivity index (χ1n) is 5.81. The van der Waals surface area contributed by atoms with Crippen LogP contribution in [0.2, 0.25) is 0 Å². The van der Waals surface area contributed by atoms with Crippen LogP contribution >= 0.6 is 24.8 Å². The third-order valence-corrected chi connectivity index (χ3v) is 3.17. The molecule has 0 radical (unpaired) electrons. The highest BCUT2D eigenvalue weighted by Crippen LogP contribution is 2.26. The van der Waals surface area contributed by atoms with E-state index < -0.39 is 0 Å². The van der Waals surface area contributed by atoms with Crippen LogP contribution in [0.15, 0.2) is 0 Å². The van der Waals surface area contributed by atoms with E-state index in [1.54, 1.807) is 0 Å². The van der Waals surface area contributed by atoms with Crippen molar-refractivity contribution in [2.45, 2.75) is 51.2 Å². The Hall–Kier alpha value is -0.0300. The van der Waals surface area contributed by atoms with Gasteiger partial charge in [0.25, 0.3) is 0 Å². The van der Waals surface area contributed by atoms with Gasteiger partial charge in [-0.25, -0.2) is 0 Å². The Balaban J connectivity index is 0. The molecule has 1 rings (SSSR count). The SMILES string of the molecule is CC[C@H](N)C(=O)NCC(C)N(C)C1CC1.Cl.Cl. The monoisotopic (exact) mass is 285 g/mol. The van der Waals surface area contributed by atoms with Crippen molar-refractivity contribution in [1.29, 1.82) is 0 Å².